The molecule has 1 fully saturated rings. The molecule has 144 valence electrons. The van der Waals surface area contributed by atoms with Crippen molar-refractivity contribution in [2.75, 3.05) is 20.2 Å². The molecule has 0 aliphatic carbocycles. The van der Waals surface area contributed by atoms with Gasteiger partial charge >= 0.3 is 6.03 Å². The number of nitrogens with one attached hydrogen (secondary N) is 2. The SMILES string of the molecule is COCc1cccc(CNC(=O)NC2CCN(Cc3ccccn3)CC2)c1. The minimum Gasteiger partial charge on any atom is -0.380 e. The van der Waals surface area contributed by atoms with Crippen molar-refractivity contribution >= 4 is 6.03 Å². The van der Waals surface area contributed by atoms with Crippen molar-refractivity contribution in [2.24, 2.45) is 0 Å². The van der Waals surface area contributed by atoms with Gasteiger partial charge in [-0.05, 0) is 36.1 Å². The summed E-state index contributed by atoms with van der Waals surface area (Å²) in [7, 11) is 1.68. The zero-order valence-electron chi connectivity index (χ0n) is 15.9. The number of ether oxygens (including phenoxy) is 1. The first-order valence-corrected chi connectivity index (χ1v) is 9.46. The fraction of sp³-hybridized carbons (Fsp3) is 0.429. The van der Waals surface area contributed by atoms with E-state index in [1.807, 2.05) is 36.5 Å². The predicted octanol–water partition coefficient (Wildman–Crippen LogP) is 2.69. The summed E-state index contributed by atoms with van der Waals surface area (Å²) in [5.41, 5.74) is 3.28. The fourth-order valence-corrected chi connectivity index (χ4v) is 3.37. The number of likely N-dealkylation sites (tertiary alicyclic amines) is 1. The van der Waals surface area contributed by atoms with Crippen molar-refractivity contribution in [3.63, 3.8) is 0 Å². The highest BCUT2D eigenvalue weighted by atomic mass is 16.5. The summed E-state index contributed by atoms with van der Waals surface area (Å²) in [5, 5.41) is 6.05. The molecule has 2 N–H and O–H groups in total. The largest absolute Gasteiger partial charge is 0.380 e. The maximum atomic E-state index is 12.2. The smallest absolute Gasteiger partial charge is 0.315 e. The molecule has 0 spiro atoms. The number of pyridine rings is 1. The molecule has 2 amide bonds. The number of aromatic nitrogens is 1. The van der Waals surface area contributed by atoms with Crippen molar-refractivity contribution in [3.8, 4) is 0 Å². The maximum Gasteiger partial charge on any atom is 0.315 e. The standard InChI is InChI=1S/C21H28N4O2/c1-27-16-18-6-4-5-17(13-18)14-23-21(26)24-19-8-11-25(12-9-19)15-20-7-2-3-10-22-20/h2-7,10,13,19H,8-9,11-12,14-16H2,1H3,(H2,23,24,26). The van der Waals surface area contributed by atoms with Gasteiger partial charge in [0.2, 0.25) is 0 Å². The molecule has 0 saturated carbocycles. The van der Waals surface area contributed by atoms with Gasteiger partial charge in [0.25, 0.3) is 0 Å². The molecule has 3 rings (SSSR count). The quantitative estimate of drug-likeness (QED) is 0.789. The van der Waals surface area contributed by atoms with Gasteiger partial charge in [-0.2, -0.15) is 0 Å². The van der Waals surface area contributed by atoms with Crippen LogP contribution in [0.4, 0.5) is 4.79 Å². The van der Waals surface area contributed by atoms with Gasteiger partial charge in [-0.25, -0.2) is 4.79 Å². The Kier molecular flexibility index (Phi) is 7.19. The van der Waals surface area contributed by atoms with Crippen molar-refractivity contribution in [1.82, 2.24) is 20.5 Å². The minimum atomic E-state index is -0.102. The lowest BCUT2D eigenvalue weighted by Gasteiger charge is -2.32. The second-order valence-corrected chi connectivity index (χ2v) is 6.95. The van der Waals surface area contributed by atoms with Crippen LogP contribution >= 0.6 is 0 Å². The van der Waals surface area contributed by atoms with Crippen LogP contribution in [0.2, 0.25) is 0 Å². The van der Waals surface area contributed by atoms with E-state index in [1.54, 1.807) is 7.11 Å². The third-order valence-corrected chi connectivity index (χ3v) is 4.79. The summed E-state index contributed by atoms with van der Waals surface area (Å²) in [4.78, 5) is 19.0. The first-order valence-electron chi connectivity index (χ1n) is 9.46. The molecule has 1 saturated heterocycles. The molecule has 2 heterocycles. The van der Waals surface area contributed by atoms with Gasteiger partial charge in [0.05, 0.1) is 12.3 Å². The maximum absolute atomic E-state index is 12.2. The van der Waals surface area contributed by atoms with Crippen LogP contribution in [0.3, 0.4) is 0 Å². The van der Waals surface area contributed by atoms with Gasteiger partial charge < -0.3 is 15.4 Å². The third-order valence-electron chi connectivity index (χ3n) is 4.79. The second kappa shape index (κ2) is 10.0. The average Bonchev–Trinajstić information content (AvgIpc) is 2.69. The Morgan fingerprint density at radius 1 is 1.19 bits per heavy atom. The van der Waals surface area contributed by atoms with Gasteiger partial charge in [0.1, 0.15) is 0 Å². The van der Waals surface area contributed by atoms with Crippen LogP contribution in [0.25, 0.3) is 0 Å². The van der Waals surface area contributed by atoms with Crippen molar-refractivity contribution < 1.29 is 9.53 Å². The first kappa shape index (κ1) is 19.3. The van der Waals surface area contributed by atoms with Gasteiger partial charge in [-0.1, -0.05) is 30.3 Å². The Morgan fingerprint density at radius 3 is 2.74 bits per heavy atom. The van der Waals surface area contributed by atoms with E-state index in [0.29, 0.717) is 13.2 Å². The zero-order valence-corrected chi connectivity index (χ0v) is 15.9. The molecule has 0 unspecified atom stereocenters. The molecule has 1 aromatic heterocycles. The van der Waals surface area contributed by atoms with Gasteiger partial charge in [0, 0.05) is 45.5 Å². The Labute approximate surface area is 160 Å². The van der Waals surface area contributed by atoms with Crippen LogP contribution < -0.4 is 10.6 Å². The van der Waals surface area contributed by atoms with Crippen LogP contribution in [0.1, 0.15) is 29.7 Å². The van der Waals surface area contributed by atoms with E-state index >= 15 is 0 Å². The number of carbonyl (C=O) groups excluding carboxylic acids is 1. The van der Waals surface area contributed by atoms with Crippen LogP contribution in [-0.4, -0.2) is 42.2 Å². The van der Waals surface area contributed by atoms with E-state index in [9.17, 15) is 4.79 Å². The number of carbonyl (C=O) groups is 1. The monoisotopic (exact) mass is 368 g/mol. The molecular weight excluding hydrogens is 340 g/mol. The summed E-state index contributed by atoms with van der Waals surface area (Å²) < 4.78 is 5.15. The van der Waals surface area contributed by atoms with E-state index in [2.05, 4.69) is 32.7 Å². The highest BCUT2D eigenvalue weighted by Crippen LogP contribution is 2.13. The molecular formula is C21H28N4O2. The van der Waals surface area contributed by atoms with E-state index in [-0.39, 0.29) is 12.1 Å². The summed E-state index contributed by atoms with van der Waals surface area (Å²) in [6.07, 6.45) is 3.76. The number of hydrogen-bond donors (Lipinski definition) is 2. The van der Waals surface area contributed by atoms with E-state index < -0.39 is 0 Å². The zero-order chi connectivity index (χ0) is 18.9. The molecule has 1 aromatic carbocycles. The van der Waals surface area contributed by atoms with E-state index in [4.69, 9.17) is 4.74 Å². The molecule has 27 heavy (non-hydrogen) atoms. The minimum absolute atomic E-state index is 0.102. The van der Waals surface area contributed by atoms with Gasteiger partial charge in [-0.15, -0.1) is 0 Å². The summed E-state index contributed by atoms with van der Waals surface area (Å²) in [6.45, 7) is 3.91. The number of rotatable bonds is 7. The Hall–Kier alpha value is -2.44. The van der Waals surface area contributed by atoms with Crippen LogP contribution in [0.5, 0.6) is 0 Å². The van der Waals surface area contributed by atoms with Gasteiger partial charge in [-0.3, -0.25) is 9.88 Å². The number of nitrogens with zero attached hydrogens (tertiary/aromatic N) is 2. The highest BCUT2D eigenvalue weighted by Gasteiger charge is 2.20. The molecule has 0 radical (unpaired) electrons. The van der Waals surface area contributed by atoms with Gasteiger partial charge in [0.15, 0.2) is 0 Å². The number of hydrogen-bond acceptors (Lipinski definition) is 4. The number of amides is 2. The van der Waals surface area contributed by atoms with Crippen LogP contribution in [0, 0.1) is 0 Å². The highest BCUT2D eigenvalue weighted by molar-refractivity contribution is 5.74. The lowest BCUT2D eigenvalue weighted by Crippen LogP contribution is -2.47. The number of benzene rings is 1. The van der Waals surface area contributed by atoms with Crippen LogP contribution in [-0.2, 0) is 24.4 Å². The average molecular weight is 368 g/mol. The summed E-state index contributed by atoms with van der Waals surface area (Å²) in [6, 6.07) is 14.2. The molecule has 2 aromatic rings. The van der Waals surface area contributed by atoms with E-state index in [1.165, 1.54) is 0 Å². The molecule has 0 bridgehead atoms. The number of piperidine rings is 1. The molecule has 0 atom stereocenters. The van der Waals surface area contributed by atoms with E-state index in [0.717, 1.165) is 49.3 Å². The van der Waals surface area contributed by atoms with Crippen molar-refractivity contribution in [3.05, 3.63) is 65.5 Å². The van der Waals surface area contributed by atoms with Crippen molar-refractivity contribution in [1.29, 1.82) is 0 Å². The van der Waals surface area contributed by atoms with Crippen LogP contribution in [0.15, 0.2) is 48.7 Å². The predicted molar refractivity (Wildman–Crippen MR) is 105 cm³/mol. The Morgan fingerprint density at radius 2 is 2.00 bits per heavy atom. The summed E-state index contributed by atoms with van der Waals surface area (Å²) >= 11 is 0. The summed E-state index contributed by atoms with van der Waals surface area (Å²) in [5.74, 6) is 0. The fourth-order valence-electron chi connectivity index (χ4n) is 3.37. The van der Waals surface area contributed by atoms with Crippen molar-refractivity contribution in [2.45, 2.75) is 38.6 Å². The molecule has 1 aliphatic rings. The lowest BCUT2D eigenvalue weighted by atomic mass is 10.1. The normalized spacial score (nSPS) is 15.4. The Bertz CT molecular complexity index is 715. The Balaban J connectivity index is 1.37. The second-order valence-electron chi connectivity index (χ2n) is 6.95. The molecule has 6 nitrogen and oxygen atoms in total. The molecule has 6 heteroatoms. The third kappa shape index (κ3) is 6.34. The molecule has 1 aliphatic heterocycles. The lowest BCUT2D eigenvalue weighted by molar-refractivity contribution is 0.184. The number of methoxy groups -OCH3 is 1. The topological polar surface area (TPSA) is 66.5 Å². The number of urea groups is 1. The first-order chi connectivity index (χ1) is 13.2.